The third kappa shape index (κ3) is 4.92. The summed E-state index contributed by atoms with van der Waals surface area (Å²) in [7, 11) is 0. The minimum atomic E-state index is -2.40. The first-order valence-electron chi connectivity index (χ1n) is 6.13. The normalized spacial score (nSPS) is 32.1. The fourth-order valence-corrected chi connectivity index (χ4v) is 1.85. The molecule has 0 aromatic carbocycles. The average molecular weight is 310 g/mol. The second-order valence-electron chi connectivity index (χ2n) is 4.42. The summed E-state index contributed by atoms with van der Waals surface area (Å²) in [5.41, 5.74) is 0. The van der Waals surface area contributed by atoms with Gasteiger partial charge in [0.15, 0.2) is 18.4 Å². The molecule has 0 spiro atoms. The van der Waals surface area contributed by atoms with Gasteiger partial charge in [0.05, 0.1) is 0 Å². The molecule has 0 radical (unpaired) electrons. The predicted molar refractivity (Wildman–Crippen MR) is 62.4 cm³/mol. The van der Waals surface area contributed by atoms with Crippen molar-refractivity contribution in [3.8, 4) is 0 Å². The van der Waals surface area contributed by atoms with Gasteiger partial charge in [-0.2, -0.15) is 0 Å². The van der Waals surface area contributed by atoms with Crippen molar-refractivity contribution in [1.29, 1.82) is 0 Å². The van der Waals surface area contributed by atoms with Crippen LogP contribution < -0.4 is 0 Å². The number of hydrogen-bond acceptors (Lipinski definition) is 7. The summed E-state index contributed by atoms with van der Waals surface area (Å²) < 4.78 is 46.1. The third-order valence-electron chi connectivity index (χ3n) is 2.61. The number of carbonyl (C=O) groups is 3. The maximum Gasteiger partial charge on any atom is 0.303 e. The van der Waals surface area contributed by atoms with E-state index in [1.54, 1.807) is 0 Å². The molecule has 0 amide bonds. The van der Waals surface area contributed by atoms with Crippen molar-refractivity contribution in [2.45, 2.75) is 51.6 Å². The van der Waals surface area contributed by atoms with Gasteiger partial charge in [-0.25, -0.2) is 8.78 Å². The molecule has 21 heavy (non-hydrogen) atoms. The van der Waals surface area contributed by atoms with Gasteiger partial charge in [0.25, 0.3) is 0 Å². The molecule has 1 aliphatic heterocycles. The Morgan fingerprint density at radius 2 is 1.48 bits per heavy atom. The molecule has 1 fully saturated rings. The highest BCUT2D eigenvalue weighted by molar-refractivity contribution is 5.67. The highest BCUT2D eigenvalue weighted by Gasteiger charge is 2.51. The number of halogens is 2. The van der Waals surface area contributed by atoms with E-state index in [0.29, 0.717) is 0 Å². The molecule has 9 heteroatoms. The molecule has 0 saturated carbocycles. The Bertz CT molecular complexity index is 414. The molecule has 0 aliphatic carbocycles. The van der Waals surface area contributed by atoms with E-state index in [4.69, 9.17) is 4.74 Å². The van der Waals surface area contributed by atoms with Crippen LogP contribution in [-0.2, 0) is 33.3 Å². The zero-order valence-corrected chi connectivity index (χ0v) is 11.7. The third-order valence-corrected chi connectivity index (χ3v) is 2.61. The highest BCUT2D eigenvalue weighted by Crippen LogP contribution is 2.29. The van der Waals surface area contributed by atoms with E-state index in [9.17, 15) is 23.2 Å². The lowest BCUT2D eigenvalue weighted by atomic mass is 10.00. The molecular formula is C12H16F2O7. The van der Waals surface area contributed by atoms with Gasteiger partial charge < -0.3 is 18.9 Å². The van der Waals surface area contributed by atoms with Crippen LogP contribution >= 0.6 is 0 Å². The van der Waals surface area contributed by atoms with Crippen molar-refractivity contribution >= 4 is 17.9 Å². The average Bonchev–Trinajstić information content (AvgIpc) is 2.35. The molecule has 0 aromatic heterocycles. The molecule has 1 rings (SSSR count). The standard InChI is InChI=1S/C12H16F2O7/c1-5(15)18-4-8-10(19-6(2)16)11(20-7(3)17)9(13)12(14)21-8/h8-12H,4H2,1-3H3/t8-,9+,10+,11-,12+/m1/s1. The van der Waals surface area contributed by atoms with E-state index >= 15 is 0 Å². The summed E-state index contributed by atoms with van der Waals surface area (Å²) in [4.78, 5) is 32.8. The van der Waals surface area contributed by atoms with Crippen LogP contribution in [0.5, 0.6) is 0 Å². The number of rotatable bonds is 4. The predicted octanol–water partition coefficient (Wildman–Crippen LogP) is 0.445. The fourth-order valence-electron chi connectivity index (χ4n) is 1.85. The largest absolute Gasteiger partial charge is 0.463 e. The second-order valence-corrected chi connectivity index (χ2v) is 4.42. The van der Waals surface area contributed by atoms with Gasteiger partial charge in [0.2, 0.25) is 6.36 Å². The van der Waals surface area contributed by atoms with Gasteiger partial charge >= 0.3 is 17.9 Å². The lowest BCUT2D eigenvalue weighted by Gasteiger charge is -2.39. The van der Waals surface area contributed by atoms with Gasteiger partial charge in [-0.15, -0.1) is 0 Å². The maximum atomic E-state index is 13.8. The molecular weight excluding hydrogens is 294 g/mol. The molecule has 1 saturated heterocycles. The van der Waals surface area contributed by atoms with Crippen LogP contribution in [0.4, 0.5) is 8.78 Å². The van der Waals surface area contributed by atoms with Crippen molar-refractivity contribution < 1.29 is 42.1 Å². The highest BCUT2D eigenvalue weighted by atomic mass is 19.2. The summed E-state index contributed by atoms with van der Waals surface area (Å²) >= 11 is 0. The topological polar surface area (TPSA) is 88.1 Å². The quantitative estimate of drug-likeness (QED) is 0.550. The summed E-state index contributed by atoms with van der Waals surface area (Å²) in [6.45, 7) is 2.68. The van der Waals surface area contributed by atoms with Crippen molar-refractivity contribution in [2.75, 3.05) is 6.61 Å². The first kappa shape index (κ1) is 17.3. The second kappa shape index (κ2) is 7.30. The van der Waals surface area contributed by atoms with E-state index in [2.05, 4.69) is 14.2 Å². The SMILES string of the molecule is CC(=O)OC[C@H]1O[C@H](F)[C@@H](F)[C@@H](OC(C)=O)[C@H]1OC(C)=O. The van der Waals surface area contributed by atoms with Crippen LogP contribution in [0.2, 0.25) is 0 Å². The van der Waals surface area contributed by atoms with E-state index in [-0.39, 0.29) is 0 Å². The van der Waals surface area contributed by atoms with E-state index in [1.807, 2.05) is 0 Å². The Labute approximate surface area is 119 Å². The van der Waals surface area contributed by atoms with E-state index in [0.717, 1.165) is 20.8 Å². The van der Waals surface area contributed by atoms with Gasteiger partial charge in [-0.1, -0.05) is 0 Å². The van der Waals surface area contributed by atoms with Crippen molar-refractivity contribution in [3.63, 3.8) is 0 Å². The maximum absolute atomic E-state index is 13.8. The lowest BCUT2D eigenvalue weighted by Crippen LogP contribution is -2.58. The van der Waals surface area contributed by atoms with Gasteiger partial charge in [0.1, 0.15) is 12.7 Å². The monoisotopic (exact) mass is 310 g/mol. The molecule has 7 nitrogen and oxygen atoms in total. The Balaban J connectivity index is 2.94. The van der Waals surface area contributed by atoms with Crippen LogP contribution in [0.25, 0.3) is 0 Å². The van der Waals surface area contributed by atoms with Crippen molar-refractivity contribution in [1.82, 2.24) is 0 Å². The number of hydrogen-bond donors (Lipinski definition) is 0. The molecule has 1 heterocycles. The first-order valence-corrected chi connectivity index (χ1v) is 6.13. The van der Waals surface area contributed by atoms with Crippen molar-refractivity contribution in [3.05, 3.63) is 0 Å². The first-order chi connectivity index (χ1) is 9.72. The zero-order chi connectivity index (χ0) is 16.2. The van der Waals surface area contributed by atoms with Crippen LogP contribution in [0.3, 0.4) is 0 Å². The molecule has 120 valence electrons. The van der Waals surface area contributed by atoms with Crippen LogP contribution in [0, 0.1) is 0 Å². The lowest BCUT2D eigenvalue weighted by molar-refractivity contribution is -0.259. The number of esters is 3. The van der Waals surface area contributed by atoms with E-state index < -0.39 is 55.4 Å². The Hall–Kier alpha value is -1.77. The molecule has 5 atom stereocenters. The van der Waals surface area contributed by atoms with Crippen LogP contribution in [-0.4, -0.2) is 55.4 Å². The van der Waals surface area contributed by atoms with Crippen LogP contribution in [0.15, 0.2) is 0 Å². The Morgan fingerprint density at radius 3 is 1.95 bits per heavy atom. The minimum absolute atomic E-state index is 0.474. The minimum Gasteiger partial charge on any atom is -0.463 e. The zero-order valence-electron chi connectivity index (χ0n) is 11.7. The number of ether oxygens (including phenoxy) is 4. The Kier molecular flexibility index (Phi) is 6.01. The summed E-state index contributed by atoms with van der Waals surface area (Å²) in [5.74, 6) is -2.36. The molecule has 0 N–H and O–H groups in total. The summed E-state index contributed by atoms with van der Waals surface area (Å²) in [6.07, 6.45) is -9.12. The van der Waals surface area contributed by atoms with Gasteiger partial charge in [0, 0.05) is 20.8 Å². The molecule has 0 aromatic rings. The number of carbonyl (C=O) groups excluding carboxylic acids is 3. The molecule has 0 unspecified atom stereocenters. The fraction of sp³-hybridized carbons (Fsp3) is 0.750. The van der Waals surface area contributed by atoms with Gasteiger partial charge in [-0.05, 0) is 0 Å². The Morgan fingerprint density at radius 1 is 0.952 bits per heavy atom. The summed E-state index contributed by atoms with van der Waals surface area (Å²) in [5, 5.41) is 0. The van der Waals surface area contributed by atoms with Crippen LogP contribution in [0.1, 0.15) is 20.8 Å². The number of alkyl halides is 2. The smallest absolute Gasteiger partial charge is 0.303 e. The van der Waals surface area contributed by atoms with E-state index in [1.165, 1.54) is 0 Å². The molecule has 1 aliphatic rings. The molecule has 0 bridgehead atoms. The van der Waals surface area contributed by atoms with Gasteiger partial charge in [-0.3, -0.25) is 14.4 Å². The van der Waals surface area contributed by atoms with Crippen molar-refractivity contribution in [2.24, 2.45) is 0 Å². The summed E-state index contributed by atoms with van der Waals surface area (Å²) in [6, 6.07) is 0.